The van der Waals surface area contributed by atoms with Crippen LogP contribution in [0.4, 0.5) is 5.82 Å². The zero-order valence-electron chi connectivity index (χ0n) is 19.0. The lowest BCUT2D eigenvalue weighted by Gasteiger charge is -2.32. The third-order valence-electron chi connectivity index (χ3n) is 6.71. The van der Waals surface area contributed by atoms with Crippen molar-refractivity contribution in [2.24, 2.45) is 5.92 Å². The summed E-state index contributed by atoms with van der Waals surface area (Å²) in [5.41, 5.74) is 1.88. The number of fused-ring (bicyclic) bond motifs is 1. The fourth-order valence-corrected chi connectivity index (χ4v) is 5.93. The van der Waals surface area contributed by atoms with E-state index in [1.165, 1.54) is 11.8 Å². The number of anilines is 1. The van der Waals surface area contributed by atoms with Crippen molar-refractivity contribution in [1.82, 2.24) is 14.3 Å². The first-order valence-corrected chi connectivity index (χ1v) is 12.8. The summed E-state index contributed by atoms with van der Waals surface area (Å²) in [5, 5.41) is 0. The summed E-state index contributed by atoms with van der Waals surface area (Å²) < 4.78 is 7.79. The Balaban J connectivity index is 1.56. The Kier molecular flexibility index (Phi) is 6.28. The van der Waals surface area contributed by atoms with Crippen molar-refractivity contribution < 1.29 is 9.53 Å². The van der Waals surface area contributed by atoms with Gasteiger partial charge in [-0.3, -0.25) is 18.9 Å². The van der Waals surface area contributed by atoms with E-state index in [4.69, 9.17) is 21.9 Å². The number of hydrogen-bond donors (Lipinski definition) is 0. The van der Waals surface area contributed by atoms with Gasteiger partial charge in [0.1, 0.15) is 15.8 Å². The van der Waals surface area contributed by atoms with Crippen LogP contribution in [0.25, 0.3) is 11.7 Å². The minimum atomic E-state index is -0.165. The van der Waals surface area contributed by atoms with Gasteiger partial charge in [-0.15, -0.1) is 0 Å². The number of aryl methyl sites for hydroxylation is 1. The molecule has 2 aromatic heterocycles. The number of ether oxygens (including phenoxy) is 1. The molecule has 5 heterocycles. The number of pyridine rings is 1. The molecule has 3 aliphatic rings. The standard InChI is InChI=1S/C24H28N4O3S2/c1-15-7-10-26(11-8-15)21-18(22(29)27-9-3-5-16(2)20(27)25-21)13-19-23(30)28(24(32)33-19)14-17-6-4-12-31-17/h3,5,9,13,15,17H,4,6-8,10-12,14H2,1-2H3/b19-13-/t17-/m0/s1. The average molecular weight is 485 g/mol. The SMILES string of the molecule is Cc1cccn2c(=O)c(/C=C3\SC(=S)N(C[C@@H]4CCCO4)C3=O)c(N3CCC(C)CC3)nc12. The van der Waals surface area contributed by atoms with Gasteiger partial charge in [-0.25, -0.2) is 4.98 Å². The molecule has 0 saturated carbocycles. The molecule has 9 heteroatoms. The molecule has 3 saturated heterocycles. The highest BCUT2D eigenvalue weighted by atomic mass is 32.2. The van der Waals surface area contributed by atoms with Gasteiger partial charge in [0.25, 0.3) is 11.5 Å². The van der Waals surface area contributed by atoms with Gasteiger partial charge in [0.2, 0.25) is 0 Å². The zero-order chi connectivity index (χ0) is 23.1. The highest BCUT2D eigenvalue weighted by Gasteiger charge is 2.35. The van der Waals surface area contributed by atoms with Crippen molar-refractivity contribution in [2.75, 3.05) is 31.1 Å². The van der Waals surface area contributed by atoms with Crippen LogP contribution >= 0.6 is 24.0 Å². The molecule has 33 heavy (non-hydrogen) atoms. The molecule has 1 amide bonds. The van der Waals surface area contributed by atoms with Crippen LogP contribution in [-0.2, 0) is 9.53 Å². The summed E-state index contributed by atoms with van der Waals surface area (Å²) in [6.07, 6.45) is 7.50. The topological polar surface area (TPSA) is 67.2 Å². The molecule has 0 N–H and O–H groups in total. The number of amides is 1. The molecule has 1 atom stereocenters. The minimum Gasteiger partial charge on any atom is -0.376 e. The van der Waals surface area contributed by atoms with Crippen LogP contribution < -0.4 is 10.5 Å². The molecule has 3 aliphatic heterocycles. The van der Waals surface area contributed by atoms with Crippen LogP contribution in [0.3, 0.4) is 0 Å². The second-order valence-corrected chi connectivity index (χ2v) is 10.8. The molecule has 0 bridgehead atoms. The second kappa shape index (κ2) is 9.19. The van der Waals surface area contributed by atoms with Crippen molar-refractivity contribution in [3.63, 3.8) is 0 Å². The van der Waals surface area contributed by atoms with Crippen molar-refractivity contribution in [1.29, 1.82) is 0 Å². The van der Waals surface area contributed by atoms with Crippen LogP contribution in [0.2, 0.25) is 0 Å². The predicted octanol–water partition coefficient (Wildman–Crippen LogP) is 3.62. The van der Waals surface area contributed by atoms with Gasteiger partial charge in [-0.1, -0.05) is 37.0 Å². The fraction of sp³-hybridized carbons (Fsp3) is 0.500. The molecule has 0 aliphatic carbocycles. The number of carbonyl (C=O) groups excluding carboxylic acids is 1. The summed E-state index contributed by atoms with van der Waals surface area (Å²) in [5.74, 6) is 1.15. The van der Waals surface area contributed by atoms with Crippen LogP contribution in [0.1, 0.15) is 43.7 Å². The maximum atomic E-state index is 13.6. The minimum absolute atomic E-state index is 0.0219. The van der Waals surface area contributed by atoms with E-state index < -0.39 is 0 Å². The summed E-state index contributed by atoms with van der Waals surface area (Å²) in [7, 11) is 0. The van der Waals surface area contributed by atoms with Gasteiger partial charge in [0.15, 0.2) is 0 Å². The number of nitrogens with zero attached hydrogens (tertiary/aromatic N) is 4. The number of thioether (sulfide) groups is 1. The lowest BCUT2D eigenvalue weighted by Crippen LogP contribution is -2.36. The van der Waals surface area contributed by atoms with E-state index in [1.807, 2.05) is 19.1 Å². The van der Waals surface area contributed by atoms with E-state index >= 15 is 0 Å². The fourth-order valence-electron chi connectivity index (χ4n) is 4.67. The quantitative estimate of drug-likeness (QED) is 0.485. The lowest BCUT2D eigenvalue weighted by molar-refractivity contribution is -0.123. The Hall–Kier alpha value is -2.23. The maximum absolute atomic E-state index is 13.6. The predicted molar refractivity (Wildman–Crippen MR) is 136 cm³/mol. The Labute approximate surface area is 202 Å². The molecular weight excluding hydrogens is 456 g/mol. The molecular formula is C24H28N4O3S2. The number of hydrogen-bond acceptors (Lipinski definition) is 7. The Morgan fingerprint density at radius 3 is 2.79 bits per heavy atom. The van der Waals surface area contributed by atoms with Gasteiger partial charge < -0.3 is 9.64 Å². The van der Waals surface area contributed by atoms with E-state index in [-0.39, 0.29) is 17.6 Å². The second-order valence-electron chi connectivity index (χ2n) is 9.14. The summed E-state index contributed by atoms with van der Waals surface area (Å²) in [6.45, 7) is 7.09. The smallest absolute Gasteiger partial charge is 0.267 e. The van der Waals surface area contributed by atoms with E-state index in [9.17, 15) is 9.59 Å². The molecule has 0 aromatic carbocycles. The van der Waals surface area contributed by atoms with E-state index in [2.05, 4.69) is 11.8 Å². The van der Waals surface area contributed by atoms with Gasteiger partial charge in [-0.05, 0) is 56.2 Å². The number of carbonyl (C=O) groups is 1. The van der Waals surface area contributed by atoms with Crippen molar-refractivity contribution in [3.8, 4) is 0 Å². The molecule has 2 aromatic rings. The maximum Gasteiger partial charge on any atom is 0.267 e. The number of piperidine rings is 1. The highest BCUT2D eigenvalue weighted by molar-refractivity contribution is 8.26. The van der Waals surface area contributed by atoms with Gasteiger partial charge in [-0.2, -0.15) is 0 Å². The first-order chi connectivity index (χ1) is 15.9. The van der Waals surface area contributed by atoms with E-state index in [0.717, 1.165) is 50.9 Å². The van der Waals surface area contributed by atoms with Crippen molar-refractivity contribution in [2.45, 2.75) is 45.6 Å². The average Bonchev–Trinajstić information content (AvgIpc) is 3.41. The van der Waals surface area contributed by atoms with Crippen LogP contribution in [0.15, 0.2) is 28.0 Å². The number of aromatic nitrogens is 2. The highest BCUT2D eigenvalue weighted by Crippen LogP contribution is 2.35. The molecule has 0 radical (unpaired) electrons. The van der Waals surface area contributed by atoms with Crippen LogP contribution in [0.5, 0.6) is 0 Å². The van der Waals surface area contributed by atoms with Crippen LogP contribution in [0, 0.1) is 12.8 Å². The van der Waals surface area contributed by atoms with E-state index in [0.29, 0.717) is 38.7 Å². The molecule has 5 rings (SSSR count). The first-order valence-electron chi connectivity index (χ1n) is 11.6. The third-order valence-corrected chi connectivity index (χ3v) is 8.08. The van der Waals surface area contributed by atoms with Crippen LogP contribution in [-0.4, -0.2) is 56.9 Å². The lowest BCUT2D eigenvalue weighted by atomic mass is 9.99. The van der Waals surface area contributed by atoms with Crippen molar-refractivity contribution in [3.05, 3.63) is 44.7 Å². The molecule has 0 unspecified atom stereocenters. The van der Waals surface area contributed by atoms with Gasteiger partial charge >= 0.3 is 0 Å². The van der Waals surface area contributed by atoms with E-state index in [1.54, 1.807) is 21.6 Å². The monoisotopic (exact) mass is 484 g/mol. The molecule has 3 fully saturated rings. The Morgan fingerprint density at radius 2 is 2.06 bits per heavy atom. The van der Waals surface area contributed by atoms with Gasteiger partial charge in [0.05, 0.1) is 23.1 Å². The summed E-state index contributed by atoms with van der Waals surface area (Å²) >= 11 is 6.76. The zero-order valence-corrected chi connectivity index (χ0v) is 20.6. The first kappa shape index (κ1) is 22.6. The largest absolute Gasteiger partial charge is 0.376 e. The number of rotatable bonds is 4. The molecule has 174 valence electrons. The Bertz CT molecular complexity index is 1190. The third kappa shape index (κ3) is 4.34. The van der Waals surface area contributed by atoms with Crippen molar-refractivity contribution >= 4 is 51.7 Å². The Morgan fingerprint density at radius 1 is 1.27 bits per heavy atom. The summed E-state index contributed by atoms with van der Waals surface area (Å²) in [6, 6.07) is 3.80. The summed E-state index contributed by atoms with van der Waals surface area (Å²) in [4.78, 5) is 36.0. The molecule has 0 spiro atoms. The normalized spacial score (nSPS) is 23.5. The van der Waals surface area contributed by atoms with Gasteiger partial charge in [0, 0.05) is 25.9 Å². The molecule has 7 nitrogen and oxygen atoms in total. The number of thiocarbonyl (C=S) groups is 1.